The molecule has 98 valence electrons. The van der Waals surface area contributed by atoms with E-state index < -0.39 is 0 Å². The summed E-state index contributed by atoms with van der Waals surface area (Å²) in [7, 11) is 0. The maximum absolute atomic E-state index is 12.5. The van der Waals surface area contributed by atoms with Gasteiger partial charge in [-0.25, -0.2) is 0 Å². The molecule has 0 bridgehead atoms. The second-order valence-electron chi connectivity index (χ2n) is 6.97. The van der Waals surface area contributed by atoms with E-state index in [1.54, 1.807) is 0 Å². The third-order valence-electron chi connectivity index (χ3n) is 4.27. The zero-order chi connectivity index (χ0) is 12.5. The zero-order valence-corrected chi connectivity index (χ0v) is 11.4. The normalized spacial score (nSPS) is 33.2. The van der Waals surface area contributed by atoms with Crippen molar-refractivity contribution in [1.82, 2.24) is 10.6 Å². The Bertz CT molecular complexity index is 295. The van der Waals surface area contributed by atoms with Crippen molar-refractivity contribution in [2.75, 3.05) is 19.6 Å². The molecule has 3 heteroatoms. The van der Waals surface area contributed by atoms with Gasteiger partial charge >= 0.3 is 0 Å². The maximum Gasteiger partial charge on any atom is 0.227 e. The van der Waals surface area contributed by atoms with Gasteiger partial charge in [0.25, 0.3) is 0 Å². The summed E-state index contributed by atoms with van der Waals surface area (Å²) in [6.45, 7) is 9.18. The molecular formula is C14H26N2O. The molecule has 0 radical (unpaired) electrons. The second-order valence-corrected chi connectivity index (χ2v) is 6.97. The van der Waals surface area contributed by atoms with Gasteiger partial charge in [0.15, 0.2) is 0 Å². The summed E-state index contributed by atoms with van der Waals surface area (Å²) in [4.78, 5) is 12.5. The second kappa shape index (κ2) is 4.60. The number of hydrogen-bond acceptors (Lipinski definition) is 2. The highest BCUT2D eigenvalue weighted by molar-refractivity contribution is 5.83. The molecule has 0 aromatic rings. The first kappa shape index (κ1) is 12.9. The monoisotopic (exact) mass is 238 g/mol. The van der Waals surface area contributed by atoms with Crippen molar-refractivity contribution >= 4 is 5.91 Å². The van der Waals surface area contributed by atoms with Gasteiger partial charge in [-0.15, -0.1) is 0 Å². The van der Waals surface area contributed by atoms with Crippen molar-refractivity contribution in [2.24, 2.45) is 16.7 Å². The average molecular weight is 238 g/mol. The zero-order valence-electron chi connectivity index (χ0n) is 11.4. The fourth-order valence-corrected chi connectivity index (χ4v) is 3.21. The van der Waals surface area contributed by atoms with Crippen molar-refractivity contribution in [1.29, 1.82) is 0 Å². The van der Waals surface area contributed by atoms with Crippen LogP contribution in [0, 0.1) is 16.7 Å². The number of carbonyl (C=O) groups excluding carboxylic acids is 1. The van der Waals surface area contributed by atoms with Crippen LogP contribution in [-0.4, -0.2) is 25.5 Å². The Morgan fingerprint density at radius 1 is 1.41 bits per heavy atom. The Kier molecular flexibility index (Phi) is 3.48. The van der Waals surface area contributed by atoms with E-state index in [1.807, 2.05) is 0 Å². The van der Waals surface area contributed by atoms with Gasteiger partial charge in [-0.05, 0) is 30.7 Å². The van der Waals surface area contributed by atoms with Crippen molar-refractivity contribution in [3.05, 3.63) is 0 Å². The molecule has 2 N–H and O–H groups in total. The Morgan fingerprint density at radius 3 is 2.88 bits per heavy atom. The van der Waals surface area contributed by atoms with Crippen molar-refractivity contribution in [3.8, 4) is 0 Å². The number of fused-ring (bicyclic) bond motifs is 1. The van der Waals surface area contributed by atoms with E-state index in [0.717, 1.165) is 26.1 Å². The molecule has 1 saturated carbocycles. The van der Waals surface area contributed by atoms with E-state index >= 15 is 0 Å². The Hall–Kier alpha value is -0.570. The summed E-state index contributed by atoms with van der Waals surface area (Å²) in [5.74, 6) is 0.860. The summed E-state index contributed by atoms with van der Waals surface area (Å²) in [6.07, 6.45) is 4.79. The fourth-order valence-electron chi connectivity index (χ4n) is 3.21. The molecule has 2 atom stereocenters. The molecule has 0 aromatic carbocycles. The Balaban J connectivity index is 2.01. The lowest BCUT2D eigenvalue weighted by Gasteiger charge is -2.37. The predicted octanol–water partition coefficient (Wildman–Crippen LogP) is 1.93. The van der Waals surface area contributed by atoms with Gasteiger partial charge in [-0.2, -0.15) is 0 Å². The summed E-state index contributed by atoms with van der Waals surface area (Å²) in [6, 6.07) is 0. The maximum atomic E-state index is 12.5. The van der Waals surface area contributed by atoms with Gasteiger partial charge in [0.1, 0.15) is 0 Å². The molecule has 17 heavy (non-hydrogen) atoms. The third-order valence-corrected chi connectivity index (χ3v) is 4.27. The van der Waals surface area contributed by atoms with E-state index in [1.165, 1.54) is 19.3 Å². The smallest absolute Gasteiger partial charge is 0.227 e. The molecule has 0 spiro atoms. The molecule has 2 rings (SSSR count). The summed E-state index contributed by atoms with van der Waals surface area (Å²) < 4.78 is 0. The van der Waals surface area contributed by atoms with Crippen LogP contribution in [0.25, 0.3) is 0 Å². The van der Waals surface area contributed by atoms with Gasteiger partial charge in [0.05, 0.1) is 5.41 Å². The largest absolute Gasteiger partial charge is 0.355 e. The molecule has 2 aliphatic rings. The topological polar surface area (TPSA) is 41.1 Å². The molecule has 2 fully saturated rings. The van der Waals surface area contributed by atoms with Crippen LogP contribution < -0.4 is 10.6 Å². The minimum Gasteiger partial charge on any atom is -0.355 e. The van der Waals surface area contributed by atoms with Gasteiger partial charge < -0.3 is 10.6 Å². The van der Waals surface area contributed by atoms with Crippen LogP contribution in [0.5, 0.6) is 0 Å². The number of amides is 1. The lowest BCUT2D eigenvalue weighted by Crippen LogP contribution is -2.49. The van der Waals surface area contributed by atoms with E-state index in [2.05, 4.69) is 31.4 Å². The van der Waals surface area contributed by atoms with E-state index in [-0.39, 0.29) is 10.8 Å². The van der Waals surface area contributed by atoms with Gasteiger partial charge in [0.2, 0.25) is 5.91 Å². The molecular weight excluding hydrogens is 212 g/mol. The molecule has 1 aliphatic heterocycles. The molecule has 0 aromatic heterocycles. The van der Waals surface area contributed by atoms with Crippen LogP contribution in [0.2, 0.25) is 0 Å². The highest BCUT2D eigenvalue weighted by atomic mass is 16.2. The lowest BCUT2D eigenvalue weighted by atomic mass is 9.67. The molecule has 1 saturated heterocycles. The quantitative estimate of drug-likeness (QED) is 0.772. The highest BCUT2D eigenvalue weighted by Gasteiger charge is 2.49. The number of hydrogen-bond donors (Lipinski definition) is 2. The first-order chi connectivity index (χ1) is 7.94. The predicted molar refractivity (Wildman–Crippen MR) is 69.7 cm³/mol. The Morgan fingerprint density at radius 2 is 2.18 bits per heavy atom. The first-order valence-electron chi connectivity index (χ1n) is 6.93. The standard InChI is InChI=1S/C14H26N2O/c1-13(2,3)9-16-12(17)14-7-5-4-6-11(14)8-15-10-14/h11,15H,4-10H2,1-3H3,(H,16,17)/t11-,14+/m0/s1. The molecule has 1 aliphatic carbocycles. The van der Waals surface area contributed by atoms with Crippen LogP contribution in [0.1, 0.15) is 46.5 Å². The van der Waals surface area contributed by atoms with Gasteiger partial charge in [-0.1, -0.05) is 33.6 Å². The van der Waals surface area contributed by atoms with E-state index in [0.29, 0.717) is 11.8 Å². The van der Waals surface area contributed by atoms with Crippen LogP contribution in [0.15, 0.2) is 0 Å². The lowest BCUT2D eigenvalue weighted by molar-refractivity contribution is -0.134. The number of carbonyl (C=O) groups is 1. The summed E-state index contributed by atoms with van der Waals surface area (Å²) in [5.41, 5.74) is 0.0754. The Labute approximate surface area is 105 Å². The van der Waals surface area contributed by atoms with Crippen molar-refractivity contribution < 1.29 is 4.79 Å². The van der Waals surface area contributed by atoms with E-state index in [9.17, 15) is 4.79 Å². The highest BCUT2D eigenvalue weighted by Crippen LogP contribution is 2.43. The molecule has 1 amide bonds. The minimum atomic E-state index is -0.0937. The minimum absolute atomic E-state index is 0.0937. The average Bonchev–Trinajstić information content (AvgIpc) is 2.69. The SMILES string of the molecule is CC(C)(C)CNC(=O)[C@@]12CCCC[C@H]1CNC2. The first-order valence-corrected chi connectivity index (χ1v) is 6.93. The fraction of sp³-hybridized carbons (Fsp3) is 0.929. The van der Waals surface area contributed by atoms with E-state index in [4.69, 9.17) is 0 Å². The van der Waals surface area contributed by atoms with Crippen LogP contribution in [0.3, 0.4) is 0 Å². The summed E-state index contributed by atoms with van der Waals surface area (Å²) in [5, 5.41) is 6.60. The van der Waals surface area contributed by atoms with Gasteiger partial charge in [-0.3, -0.25) is 4.79 Å². The van der Waals surface area contributed by atoms with Crippen LogP contribution in [0.4, 0.5) is 0 Å². The van der Waals surface area contributed by atoms with Gasteiger partial charge in [0, 0.05) is 13.1 Å². The molecule has 3 nitrogen and oxygen atoms in total. The van der Waals surface area contributed by atoms with Crippen molar-refractivity contribution in [3.63, 3.8) is 0 Å². The van der Waals surface area contributed by atoms with Crippen molar-refractivity contribution in [2.45, 2.75) is 46.5 Å². The molecule has 0 unspecified atom stereocenters. The number of rotatable bonds is 2. The molecule has 1 heterocycles. The van der Waals surface area contributed by atoms with Crippen LogP contribution >= 0.6 is 0 Å². The van der Waals surface area contributed by atoms with Crippen LogP contribution in [-0.2, 0) is 4.79 Å². The third kappa shape index (κ3) is 2.65. The summed E-state index contributed by atoms with van der Waals surface area (Å²) >= 11 is 0. The number of nitrogens with one attached hydrogen (secondary N) is 2.